The van der Waals surface area contributed by atoms with Gasteiger partial charge in [-0.25, -0.2) is 8.42 Å². The van der Waals surface area contributed by atoms with E-state index in [-0.39, 0.29) is 108 Å². The Bertz CT molecular complexity index is 987. The van der Waals surface area contributed by atoms with Crippen LogP contribution in [0.1, 0.15) is 0 Å². The summed E-state index contributed by atoms with van der Waals surface area (Å²) in [7, 11) is -5.45. The molecule has 140 valence electrons. The van der Waals surface area contributed by atoms with E-state index in [0.29, 0.717) is 4.90 Å². The summed E-state index contributed by atoms with van der Waals surface area (Å²) < 4.78 is 37.9. The van der Waals surface area contributed by atoms with E-state index in [1.54, 1.807) is 24.3 Å². The molecule has 0 aliphatic carbocycles. The van der Waals surface area contributed by atoms with Crippen LogP contribution in [0.15, 0.2) is 88.7 Å². The molecule has 0 heterocycles. The van der Waals surface area contributed by atoms with Gasteiger partial charge in [-0.15, -0.1) is 0 Å². The quantitative estimate of drug-likeness (QED) is 0.0810. The Morgan fingerprint density at radius 3 is 1.72 bits per heavy atom. The molecule has 0 saturated heterocycles. The van der Waals surface area contributed by atoms with Crippen molar-refractivity contribution in [3.8, 4) is 0 Å². The molecule has 0 aromatic heterocycles. The zero-order valence-electron chi connectivity index (χ0n) is 15.7. The summed E-state index contributed by atoms with van der Waals surface area (Å²) in [5, 5.41) is 16.3. The fraction of sp³-hybridized carbons (Fsp3) is 0. The molecule has 1 unspecified atom stereocenters. The van der Waals surface area contributed by atoms with Crippen molar-refractivity contribution in [3.05, 3.63) is 78.9 Å². The summed E-state index contributed by atoms with van der Waals surface area (Å²) in [5.74, 6) is 0. The first-order chi connectivity index (χ1) is 13.0. The van der Waals surface area contributed by atoms with Crippen molar-refractivity contribution >= 4 is 46.0 Å². The van der Waals surface area contributed by atoms with Crippen LogP contribution >= 0.6 is 20.0 Å². The maximum atomic E-state index is 11.2. The first-order valence-corrected chi connectivity index (χ1v) is 11.1. The predicted octanol–water partition coefficient (Wildman–Crippen LogP) is -4.41. The Kier molecular flexibility index (Phi) is 13.7. The zero-order chi connectivity index (χ0) is 19.3. The number of benzene rings is 3. The minimum Gasteiger partial charge on any atom is -0.744 e. The molecule has 0 amide bonds. The molecule has 3 rings (SSSR count). The van der Waals surface area contributed by atoms with Crippen LogP contribution in [0, 0.1) is 0 Å². The van der Waals surface area contributed by atoms with E-state index >= 15 is 0 Å². The molecule has 0 radical (unpaired) electrons. The second kappa shape index (κ2) is 13.9. The van der Waals surface area contributed by atoms with Crippen molar-refractivity contribution in [2.75, 3.05) is 0 Å². The van der Waals surface area contributed by atoms with Crippen LogP contribution < -0.4 is 124 Å². The second-order valence-electron chi connectivity index (χ2n) is 5.33. The van der Waals surface area contributed by atoms with Crippen LogP contribution in [0.5, 0.6) is 0 Å². The van der Waals surface area contributed by atoms with Crippen molar-refractivity contribution in [1.29, 1.82) is 0 Å². The number of rotatable bonds is 7. The van der Waals surface area contributed by atoms with E-state index in [0.717, 1.165) is 28.0 Å². The van der Waals surface area contributed by atoms with E-state index in [2.05, 4.69) is 9.37 Å². The minimum atomic E-state index is -4.49. The van der Waals surface area contributed by atoms with Crippen LogP contribution in [0.4, 0.5) is 0 Å². The van der Waals surface area contributed by atoms with Crippen molar-refractivity contribution < 1.29 is 130 Å². The van der Waals surface area contributed by atoms with E-state index in [9.17, 15) is 18.2 Å². The molecule has 0 bridgehead atoms. The van der Waals surface area contributed by atoms with Crippen molar-refractivity contribution in [2.45, 2.75) is 9.79 Å². The van der Waals surface area contributed by atoms with Gasteiger partial charge in [-0.1, -0.05) is 54.6 Å². The summed E-state index contributed by atoms with van der Waals surface area (Å²) in [5.41, 5.74) is 0. The van der Waals surface area contributed by atoms with Gasteiger partial charge in [0, 0.05) is 4.90 Å². The number of hydrogen-bond donors (Lipinski definition) is 0. The molecule has 1 atom stereocenters. The van der Waals surface area contributed by atoms with E-state index < -0.39 is 18.0 Å². The van der Waals surface area contributed by atoms with Gasteiger partial charge in [0.15, 0.2) is 0 Å². The molecule has 11 heteroatoms. The Hall–Kier alpha value is 1.50. The minimum absolute atomic E-state index is 0. The molecule has 3 aromatic carbocycles. The van der Waals surface area contributed by atoms with Gasteiger partial charge in [-0.05, 0) is 48.1 Å². The van der Waals surface area contributed by atoms with Crippen molar-refractivity contribution in [1.82, 2.24) is 0 Å². The van der Waals surface area contributed by atoms with Crippen LogP contribution in [0.3, 0.4) is 0 Å². The summed E-state index contributed by atoms with van der Waals surface area (Å²) in [6.45, 7) is 0. The average molecular weight is 499 g/mol. The van der Waals surface area contributed by atoms with Crippen LogP contribution in [-0.4, -0.2) is 13.0 Å². The Morgan fingerprint density at radius 1 is 0.759 bits per heavy atom. The SMILES string of the molecule is O=S(=O)([O-])c1ccc(P(c2ccccc2)c2ccc(SOO[O-])cc2)cc1.[K+].[K+]. The molecule has 29 heavy (non-hydrogen) atoms. The van der Waals surface area contributed by atoms with Gasteiger partial charge in [0.25, 0.3) is 0 Å². The third-order valence-corrected chi connectivity index (χ3v) is 7.53. The van der Waals surface area contributed by atoms with Gasteiger partial charge in [-0.2, -0.15) is 4.33 Å². The van der Waals surface area contributed by atoms with Crippen LogP contribution in [0.2, 0.25) is 0 Å². The maximum absolute atomic E-state index is 11.2. The third kappa shape index (κ3) is 8.41. The molecule has 0 aliphatic heterocycles. The Balaban J connectivity index is 0.00000210. The fourth-order valence-corrected chi connectivity index (χ4v) is 5.57. The molecule has 3 aromatic rings. The van der Waals surface area contributed by atoms with Gasteiger partial charge < -0.3 is 9.81 Å². The van der Waals surface area contributed by atoms with Gasteiger partial charge in [0.05, 0.1) is 16.9 Å². The van der Waals surface area contributed by atoms with Crippen LogP contribution in [-0.2, 0) is 19.5 Å². The first kappa shape index (κ1) is 28.5. The van der Waals surface area contributed by atoms with E-state index in [4.69, 9.17) is 0 Å². The van der Waals surface area contributed by atoms with Crippen LogP contribution in [0.25, 0.3) is 0 Å². The molecule has 0 saturated carbocycles. The number of hydrogen-bond acceptors (Lipinski definition) is 7. The first-order valence-electron chi connectivity index (χ1n) is 7.63. The zero-order valence-corrected chi connectivity index (χ0v) is 24.5. The van der Waals surface area contributed by atoms with E-state index in [1.165, 1.54) is 12.1 Å². The summed E-state index contributed by atoms with van der Waals surface area (Å²) in [4.78, 5) is 0.446. The van der Waals surface area contributed by atoms with Gasteiger partial charge in [-0.3, -0.25) is 5.04 Å². The molecule has 0 N–H and O–H groups in total. The van der Waals surface area contributed by atoms with Gasteiger partial charge >= 0.3 is 103 Å². The second-order valence-corrected chi connectivity index (χ2v) is 9.71. The summed E-state index contributed by atoms with van der Waals surface area (Å²) in [6.07, 6.45) is 0. The molecule has 0 fully saturated rings. The third-order valence-electron chi connectivity index (χ3n) is 3.65. The molecule has 0 aliphatic rings. The topological polar surface area (TPSA) is 98.7 Å². The van der Waals surface area contributed by atoms with E-state index in [1.807, 2.05) is 42.5 Å². The summed E-state index contributed by atoms with van der Waals surface area (Å²) >= 11 is 0.808. The predicted molar refractivity (Wildman–Crippen MR) is 101 cm³/mol. The molecule has 0 spiro atoms. The summed E-state index contributed by atoms with van der Waals surface area (Å²) in [6, 6.07) is 23.2. The standard InChI is InChI=1S/C18H15O6PS2.2K/c19-23-24-26-17-10-6-15(7-11-17)25(14-4-2-1-3-5-14)16-8-12-18(13-9-16)27(20,21)22;;/h1-13,19H,(H,20,21,22);;/q;2*+1/p-2. The largest absolute Gasteiger partial charge is 1.00 e. The monoisotopic (exact) mass is 498 g/mol. The Labute approximate surface area is 260 Å². The molecular formula is C18H13K2O6PS2. The molecular weight excluding hydrogens is 485 g/mol. The average Bonchev–Trinajstić information content (AvgIpc) is 2.68. The molecule has 6 nitrogen and oxygen atoms in total. The smallest absolute Gasteiger partial charge is 0.744 e. The maximum Gasteiger partial charge on any atom is 1.00 e. The van der Waals surface area contributed by atoms with Gasteiger partial charge in [0.1, 0.15) is 10.1 Å². The van der Waals surface area contributed by atoms with Gasteiger partial charge in [0.2, 0.25) is 0 Å². The van der Waals surface area contributed by atoms with Crippen molar-refractivity contribution in [2.24, 2.45) is 0 Å². The van der Waals surface area contributed by atoms with Crippen molar-refractivity contribution in [3.63, 3.8) is 0 Å². The normalized spacial score (nSPS) is 11.8. The Morgan fingerprint density at radius 2 is 1.24 bits per heavy atom. The fourth-order valence-electron chi connectivity index (χ4n) is 2.49.